The van der Waals surface area contributed by atoms with Gasteiger partial charge in [0.2, 0.25) is 0 Å². The van der Waals surface area contributed by atoms with Crippen molar-refractivity contribution in [3.63, 3.8) is 0 Å². The van der Waals surface area contributed by atoms with E-state index in [0.717, 1.165) is 24.3 Å². The summed E-state index contributed by atoms with van der Waals surface area (Å²) >= 11 is 0. The number of methoxy groups -OCH3 is 1. The maximum absolute atomic E-state index is 6.29. The second-order valence-electron chi connectivity index (χ2n) is 5.15. The molecular formula is C18H24N2O. The van der Waals surface area contributed by atoms with Crippen molar-refractivity contribution in [3.8, 4) is 5.75 Å². The van der Waals surface area contributed by atoms with E-state index in [4.69, 9.17) is 10.5 Å². The van der Waals surface area contributed by atoms with Crippen molar-refractivity contribution in [2.24, 2.45) is 5.73 Å². The van der Waals surface area contributed by atoms with Crippen molar-refractivity contribution in [1.29, 1.82) is 0 Å². The van der Waals surface area contributed by atoms with Crippen LogP contribution in [-0.2, 0) is 6.54 Å². The summed E-state index contributed by atoms with van der Waals surface area (Å²) < 4.78 is 5.40. The van der Waals surface area contributed by atoms with Crippen LogP contribution in [0.25, 0.3) is 0 Å². The maximum Gasteiger partial charge on any atom is 0.123 e. The third-order valence-corrected chi connectivity index (χ3v) is 3.76. The zero-order valence-corrected chi connectivity index (χ0v) is 12.8. The molecule has 112 valence electrons. The first-order valence-electron chi connectivity index (χ1n) is 7.42. The van der Waals surface area contributed by atoms with E-state index in [-0.39, 0.29) is 12.1 Å². The van der Waals surface area contributed by atoms with E-state index >= 15 is 0 Å². The molecule has 0 aromatic heterocycles. The van der Waals surface area contributed by atoms with Crippen LogP contribution in [0.1, 0.15) is 30.5 Å². The molecule has 0 heterocycles. The van der Waals surface area contributed by atoms with Gasteiger partial charge in [0.05, 0.1) is 7.11 Å². The van der Waals surface area contributed by atoms with Gasteiger partial charge in [-0.2, -0.15) is 0 Å². The zero-order valence-electron chi connectivity index (χ0n) is 12.8. The molecule has 0 fully saturated rings. The van der Waals surface area contributed by atoms with Crippen molar-refractivity contribution in [3.05, 3.63) is 65.7 Å². The molecule has 0 bridgehead atoms. The Kier molecular flexibility index (Phi) is 5.78. The van der Waals surface area contributed by atoms with E-state index in [2.05, 4.69) is 42.6 Å². The monoisotopic (exact) mass is 284 g/mol. The topological polar surface area (TPSA) is 47.3 Å². The molecule has 2 aromatic rings. The van der Waals surface area contributed by atoms with Crippen molar-refractivity contribution >= 4 is 0 Å². The van der Waals surface area contributed by atoms with E-state index in [1.54, 1.807) is 7.11 Å². The fourth-order valence-corrected chi connectivity index (χ4v) is 2.48. The van der Waals surface area contributed by atoms with Crippen LogP contribution < -0.4 is 15.8 Å². The van der Waals surface area contributed by atoms with Crippen LogP contribution in [0, 0.1) is 0 Å². The molecule has 0 amide bonds. The normalized spacial score (nSPS) is 13.7. The van der Waals surface area contributed by atoms with Crippen LogP contribution in [0.3, 0.4) is 0 Å². The van der Waals surface area contributed by atoms with Gasteiger partial charge in [-0.15, -0.1) is 0 Å². The minimum Gasteiger partial charge on any atom is -0.496 e. The van der Waals surface area contributed by atoms with Gasteiger partial charge < -0.3 is 15.8 Å². The van der Waals surface area contributed by atoms with E-state index in [1.807, 2.05) is 24.3 Å². The number of benzene rings is 2. The fraction of sp³-hybridized carbons (Fsp3) is 0.333. The van der Waals surface area contributed by atoms with Gasteiger partial charge in [-0.25, -0.2) is 0 Å². The Hall–Kier alpha value is -1.84. The Morgan fingerprint density at radius 3 is 2.38 bits per heavy atom. The molecule has 3 heteroatoms. The summed E-state index contributed by atoms with van der Waals surface area (Å²) in [5.74, 6) is 0.905. The molecule has 3 nitrogen and oxygen atoms in total. The Morgan fingerprint density at radius 1 is 1.05 bits per heavy atom. The molecule has 2 rings (SSSR count). The number of ether oxygens (including phenoxy) is 1. The quantitative estimate of drug-likeness (QED) is 0.820. The summed E-state index contributed by atoms with van der Waals surface area (Å²) in [5.41, 5.74) is 8.66. The average molecular weight is 284 g/mol. The molecule has 0 aliphatic rings. The Morgan fingerprint density at radius 2 is 1.71 bits per heavy atom. The van der Waals surface area contributed by atoms with Crippen molar-refractivity contribution in [1.82, 2.24) is 5.32 Å². The minimum absolute atomic E-state index is 0.0853. The summed E-state index contributed by atoms with van der Waals surface area (Å²) in [6, 6.07) is 18.7. The van der Waals surface area contributed by atoms with Gasteiger partial charge in [0.1, 0.15) is 5.75 Å². The van der Waals surface area contributed by atoms with Gasteiger partial charge in [0.25, 0.3) is 0 Å². The molecule has 0 aliphatic heterocycles. The number of hydrogen-bond acceptors (Lipinski definition) is 3. The number of nitrogens with one attached hydrogen (secondary N) is 1. The lowest BCUT2D eigenvalue weighted by molar-refractivity contribution is 0.396. The Bertz CT molecular complexity index is 542. The number of nitrogens with two attached hydrogens (primary N) is 1. The third kappa shape index (κ3) is 4.06. The molecule has 3 N–H and O–H groups in total. The van der Waals surface area contributed by atoms with Gasteiger partial charge in [0, 0.05) is 24.2 Å². The summed E-state index contributed by atoms with van der Waals surface area (Å²) in [7, 11) is 1.70. The van der Waals surface area contributed by atoms with Gasteiger partial charge in [-0.05, 0) is 18.1 Å². The molecule has 0 unspecified atom stereocenters. The molecule has 0 saturated heterocycles. The Labute approximate surface area is 127 Å². The first-order valence-corrected chi connectivity index (χ1v) is 7.42. The molecule has 0 aliphatic carbocycles. The van der Waals surface area contributed by atoms with Crippen LogP contribution in [-0.4, -0.2) is 13.2 Å². The van der Waals surface area contributed by atoms with Crippen LogP contribution >= 0.6 is 0 Å². The minimum atomic E-state index is 0.0853. The number of hydrogen-bond donors (Lipinski definition) is 2. The largest absolute Gasteiger partial charge is 0.496 e. The van der Waals surface area contributed by atoms with Gasteiger partial charge in [-0.3, -0.25) is 0 Å². The first kappa shape index (κ1) is 15.5. The van der Waals surface area contributed by atoms with Crippen LogP contribution in [0.5, 0.6) is 5.75 Å². The summed E-state index contributed by atoms with van der Waals surface area (Å²) in [4.78, 5) is 0. The lowest BCUT2D eigenvalue weighted by Crippen LogP contribution is -2.37. The predicted molar refractivity (Wildman–Crippen MR) is 87.3 cm³/mol. The SMILES string of the molecule is CC[C@@H](N)[C@@H](NCc1ccccc1OC)c1ccccc1. The third-order valence-electron chi connectivity index (χ3n) is 3.76. The van der Waals surface area contributed by atoms with Gasteiger partial charge >= 0.3 is 0 Å². The fourth-order valence-electron chi connectivity index (χ4n) is 2.48. The predicted octanol–water partition coefficient (Wildman–Crippen LogP) is 3.26. The van der Waals surface area contributed by atoms with Gasteiger partial charge in [0.15, 0.2) is 0 Å². The highest BCUT2D eigenvalue weighted by atomic mass is 16.5. The summed E-state index contributed by atoms with van der Waals surface area (Å²) in [6.45, 7) is 2.85. The second kappa shape index (κ2) is 7.81. The molecule has 0 spiro atoms. The maximum atomic E-state index is 6.29. The first-order chi connectivity index (χ1) is 10.3. The lowest BCUT2D eigenvalue weighted by atomic mass is 9.97. The highest BCUT2D eigenvalue weighted by Crippen LogP contribution is 2.21. The highest BCUT2D eigenvalue weighted by molar-refractivity contribution is 5.33. The molecule has 2 aromatic carbocycles. The summed E-state index contributed by atoms with van der Waals surface area (Å²) in [5, 5.41) is 3.57. The van der Waals surface area contributed by atoms with E-state index in [9.17, 15) is 0 Å². The van der Waals surface area contributed by atoms with E-state index < -0.39 is 0 Å². The van der Waals surface area contributed by atoms with E-state index in [1.165, 1.54) is 5.56 Å². The Balaban J connectivity index is 2.13. The zero-order chi connectivity index (χ0) is 15.1. The van der Waals surface area contributed by atoms with Crippen molar-refractivity contribution in [2.45, 2.75) is 32.0 Å². The molecular weight excluding hydrogens is 260 g/mol. The highest BCUT2D eigenvalue weighted by Gasteiger charge is 2.18. The molecule has 0 saturated carbocycles. The second-order valence-corrected chi connectivity index (χ2v) is 5.15. The van der Waals surface area contributed by atoms with Crippen LogP contribution in [0.2, 0.25) is 0 Å². The van der Waals surface area contributed by atoms with Crippen molar-refractivity contribution in [2.75, 3.05) is 7.11 Å². The number of rotatable bonds is 7. The van der Waals surface area contributed by atoms with Crippen LogP contribution in [0.4, 0.5) is 0 Å². The number of para-hydroxylation sites is 1. The van der Waals surface area contributed by atoms with Crippen LogP contribution in [0.15, 0.2) is 54.6 Å². The van der Waals surface area contributed by atoms with Crippen molar-refractivity contribution < 1.29 is 4.74 Å². The van der Waals surface area contributed by atoms with E-state index in [0.29, 0.717) is 0 Å². The molecule has 0 radical (unpaired) electrons. The van der Waals surface area contributed by atoms with Gasteiger partial charge in [-0.1, -0.05) is 55.5 Å². The lowest BCUT2D eigenvalue weighted by Gasteiger charge is -2.25. The average Bonchev–Trinajstić information content (AvgIpc) is 2.56. The standard InChI is InChI=1S/C18H24N2O/c1-3-16(19)18(14-9-5-4-6-10-14)20-13-15-11-7-8-12-17(15)21-2/h4-12,16,18,20H,3,13,19H2,1-2H3/t16-,18+/m1/s1. The smallest absolute Gasteiger partial charge is 0.123 e. The summed E-state index contributed by atoms with van der Waals surface area (Å²) in [6.07, 6.45) is 0.929. The molecule has 2 atom stereocenters. The molecule has 21 heavy (non-hydrogen) atoms.